The number of nitrogens with two attached hydrogens (primary N) is 1. The van der Waals surface area contributed by atoms with E-state index in [9.17, 15) is 4.79 Å². The number of halogens is 2. The van der Waals surface area contributed by atoms with Crippen molar-refractivity contribution in [1.82, 2.24) is 9.97 Å². The van der Waals surface area contributed by atoms with Gasteiger partial charge in [-0.3, -0.25) is 4.79 Å². The molecule has 1 aliphatic carbocycles. The molecule has 5 nitrogen and oxygen atoms in total. The first-order valence-corrected chi connectivity index (χ1v) is 8.43. The van der Waals surface area contributed by atoms with E-state index in [4.69, 9.17) is 41.2 Å². The van der Waals surface area contributed by atoms with Gasteiger partial charge in [-0.25, -0.2) is 4.98 Å². The van der Waals surface area contributed by atoms with Crippen LogP contribution in [-0.2, 0) is 4.79 Å². The zero-order chi connectivity index (χ0) is 17.3. The molecular formula is C16H14Cl2N4OS. The number of hydrogen-bond acceptors (Lipinski definition) is 5. The number of benzene rings is 1. The molecule has 1 heterocycles. The van der Waals surface area contributed by atoms with E-state index < -0.39 is 0 Å². The first-order valence-electron chi connectivity index (χ1n) is 7.27. The fraction of sp³-hybridized carbons (Fsp3) is 0.188. The molecule has 124 valence electrons. The van der Waals surface area contributed by atoms with Gasteiger partial charge in [0, 0.05) is 23.4 Å². The summed E-state index contributed by atoms with van der Waals surface area (Å²) < 4.78 is 0.300. The van der Waals surface area contributed by atoms with E-state index in [1.807, 2.05) is 0 Å². The number of aromatic amines is 1. The molecule has 0 atom stereocenters. The molecule has 4 N–H and O–H groups in total. The second-order valence-electron chi connectivity index (χ2n) is 5.45. The number of carbonyl (C=O) groups excluding carboxylic acids is 1. The molecule has 0 radical (unpaired) electrons. The van der Waals surface area contributed by atoms with Crippen LogP contribution >= 0.6 is 35.4 Å². The van der Waals surface area contributed by atoms with Crippen molar-refractivity contribution in [2.75, 3.05) is 5.32 Å². The lowest BCUT2D eigenvalue weighted by molar-refractivity contribution is -0.104. The summed E-state index contributed by atoms with van der Waals surface area (Å²) in [6, 6.07) is 5.60. The summed E-state index contributed by atoms with van der Waals surface area (Å²) in [5.74, 6) is 0.561. The fourth-order valence-corrected chi connectivity index (χ4v) is 2.86. The van der Waals surface area contributed by atoms with Gasteiger partial charge in [0.1, 0.15) is 10.9 Å². The van der Waals surface area contributed by atoms with Crippen molar-refractivity contribution in [3.63, 3.8) is 0 Å². The van der Waals surface area contributed by atoms with Crippen LogP contribution in [0.15, 0.2) is 24.3 Å². The van der Waals surface area contributed by atoms with Crippen molar-refractivity contribution in [1.29, 1.82) is 0 Å². The number of nitrogens with zero attached hydrogens (tertiary/aromatic N) is 1. The van der Waals surface area contributed by atoms with E-state index in [2.05, 4.69) is 15.3 Å². The Morgan fingerprint density at radius 2 is 2.12 bits per heavy atom. The number of nitrogens with one attached hydrogen (secondary N) is 2. The van der Waals surface area contributed by atoms with Crippen molar-refractivity contribution >= 4 is 53.4 Å². The minimum Gasteiger partial charge on any atom is -0.398 e. The summed E-state index contributed by atoms with van der Waals surface area (Å²) in [6.07, 6.45) is 4.05. The highest BCUT2D eigenvalue weighted by molar-refractivity contribution is 7.71. The van der Waals surface area contributed by atoms with Crippen molar-refractivity contribution in [3.8, 4) is 11.3 Å². The average Bonchev–Trinajstić information content (AvgIpc) is 3.33. The minimum absolute atomic E-state index is 0.234. The third-order valence-corrected chi connectivity index (χ3v) is 4.62. The predicted octanol–water partition coefficient (Wildman–Crippen LogP) is 4.19. The molecule has 1 aromatic heterocycles. The second kappa shape index (κ2) is 6.93. The Bertz CT molecular complexity index is 890. The number of carbonyl (C=O) groups is 1. The first-order chi connectivity index (χ1) is 11.5. The Morgan fingerprint density at radius 1 is 1.38 bits per heavy atom. The molecule has 8 heteroatoms. The van der Waals surface area contributed by atoms with Gasteiger partial charge in [-0.1, -0.05) is 41.5 Å². The molecule has 0 bridgehead atoms. The first kappa shape index (κ1) is 17.0. The van der Waals surface area contributed by atoms with E-state index in [0.29, 0.717) is 44.2 Å². The molecule has 24 heavy (non-hydrogen) atoms. The molecule has 0 spiro atoms. The number of H-pyrrole nitrogens is 1. The van der Waals surface area contributed by atoms with Gasteiger partial charge in [0.05, 0.1) is 21.3 Å². The smallest absolute Gasteiger partial charge is 0.202 e. The van der Waals surface area contributed by atoms with Crippen molar-refractivity contribution in [2.24, 2.45) is 5.73 Å². The van der Waals surface area contributed by atoms with E-state index in [0.717, 1.165) is 18.4 Å². The summed E-state index contributed by atoms with van der Waals surface area (Å²) in [4.78, 5) is 18.3. The van der Waals surface area contributed by atoms with Crippen LogP contribution in [0.5, 0.6) is 0 Å². The number of anilines is 1. The van der Waals surface area contributed by atoms with Gasteiger partial charge in [-0.15, -0.1) is 0 Å². The zero-order valence-corrected chi connectivity index (χ0v) is 14.8. The summed E-state index contributed by atoms with van der Waals surface area (Å²) in [7, 11) is 0. The van der Waals surface area contributed by atoms with Gasteiger partial charge in [-0.05, 0) is 25.0 Å². The Hall–Kier alpha value is -1.89. The SMILES string of the molecule is N/C(=C\C=O)c1c(-c2ccc(Cl)c(Cl)c2)[nH]c(NC2CC2)nc1=S. The molecule has 0 amide bonds. The van der Waals surface area contributed by atoms with Crippen LogP contribution in [0.1, 0.15) is 18.4 Å². The molecule has 1 saturated carbocycles. The molecule has 0 unspecified atom stereocenters. The summed E-state index contributed by atoms with van der Waals surface area (Å²) >= 11 is 17.5. The normalized spacial score (nSPS) is 14.5. The molecule has 3 rings (SSSR count). The molecule has 2 aromatic rings. The number of rotatable bonds is 5. The standard InChI is InChI=1S/C16H14Cl2N4OS/c17-10-4-1-8(7-11(10)18)14-13(12(19)5-6-23)15(24)22-16(21-14)20-9-2-3-9/h1,4-7,9H,2-3,19H2,(H2,20,21,22,24)/b12-5-. The Balaban J connectivity index is 2.20. The fourth-order valence-electron chi connectivity index (χ4n) is 2.26. The second-order valence-corrected chi connectivity index (χ2v) is 6.65. The van der Waals surface area contributed by atoms with Crippen LogP contribution < -0.4 is 11.1 Å². The van der Waals surface area contributed by atoms with Gasteiger partial charge >= 0.3 is 0 Å². The van der Waals surface area contributed by atoms with Gasteiger partial charge in [0.2, 0.25) is 5.95 Å². The van der Waals surface area contributed by atoms with Crippen molar-refractivity contribution < 1.29 is 4.79 Å². The quantitative estimate of drug-likeness (QED) is 0.411. The van der Waals surface area contributed by atoms with Crippen LogP contribution in [0, 0.1) is 4.64 Å². The van der Waals surface area contributed by atoms with E-state index in [1.165, 1.54) is 6.08 Å². The summed E-state index contributed by atoms with van der Waals surface area (Å²) in [6.45, 7) is 0. The lowest BCUT2D eigenvalue weighted by Crippen LogP contribution is -2.10. The molecule has 1 fully saturated rings. The largest absolute Gasteiger partial charge is 0.398 e. The van der Waals surface area contributed by atoms with Crippen LogP contribution in [0.2, 0.25) is 10.0 Å². The number of hydrogen-bond donors (Lipinski definition) is 3. The molecule has 0 aliphatic heterocycles. The van der Waals surface area contributed by atoms with Crippen LogP contribution in [0.3, 0.4) is 0 Å². The monoisotopic (exact) mass is 380 g/mol. The molecular weight excluding hydrogens is 367 g/mol. The zero-order valence-electron chi connectivity index (χ0n) is 12.5. The number of allylic oxidation sites excluding steroid dienone is 1. The molecule has 0 saturated heterocycles. The third kappa shape index (κ3) is 3.61. The predicted molar refractivity (Wildman–Crippen MR) is 99.8 cm³/mol. The Labute approximate surface area is 153 Å². The maximum atomic E-state index is 10.8. The van der Waals surface area contributed by atoms with Crippen molar-refractivity contribution in [3.05, 3.63) is 44.5 Å². The van der Waals surface area contributed by atoms with Gasteiger partial charge in [0.25, 0.3) is 0 Å². The van der Waals surface area contributed by atoms with Crippen LogP contribution in [0.4, 0.5) is 5.95 Å². The minimum atomic E-state index is 0.234. The Morgan fingerprint density at radius 3 is 2.75 bits per heavy atom. The highest BCUT2D eigenvalue weighted by atomic mass is 35.5. The highest BCUT2D eigenvalue weighted by Crippen LogP contribution is 2.32. The van der Waals surface area contributed by atoms with Crippen LogP contribution in [-0.4, -0.2) is 22.3 Å². The van der Waals surface area contributed by atoms with Gasteiger partial charge in [0.15, 0.2) is 0 Å². The topological polar surface area (TPSA) is 83.8 Å². The van der Waals surface area contributed by atoms with E-state index >= 15 is 0 Å². The molecule has 1 aliphatic rings. The summed E-state index contributed by atoms with van der Waals surface area (Å²) in [5, 5.41) is 4.12. The maximum Gasteiger partial charge on any atom is 0.202 e. The highest BCUT2D eigenvalue weighted by Gasteiger charge is 2.23. The molecule has 1 aromatic carbocycles. The maximum absolute atomic E-state index is 10.8. The lowest BCUT2D eigenvalue weighted by Gasteiger charge is -2.14. The van der Waals surface area contributed by atoms with E-state index in [-0.39, 0.29) is 5.70 Å². The van der Waals surface area contributed by atoms with Gasteiger partial charge < -0.3 is 16.0 Å². The third-order valence-electron chi connectivity index (χ3n) is 3.58. The Kier molecular flexibility index (Phi) is 4.89. The van der Waals surface area contributed by atoms with E-state index in [1.54, 1.807) is 18.2 Å². The lowest BCUT2D eigenvalue weighted by atomic mass is 10.0. The number of aldehydes is 1. The average molecular weight is 381 g/mol. The summed E-state index contributed by atoms with van der Waals surface area (Å²) in [5.41, 5.74) is 8.09. The number of aromatic nitrogens is 2. The van der Waals surface area contributed by atoms with Crippen LogP contribution in [0.25, 0.3) is 17.0 Å². The van der Waals surface area contributed by atoms with Gasteiger partial charge in [-0.2, -0.15) is 0 Å². The van der Waals surface area contributed by atoms with Crippen molar-refractivity contribution in [2.45, 2.75) is 18.9 Å².